The molecule has 20 heteroatoms. The van der Waals surface area contributed by atoms with Crippen molar-refractivity contribution in [2.75, 3.05) is 69.1 Å². The lowest BCUT2D eigenvalue weighted by molar-refractivity contribution is -0.154. The Labute approximate surface area is 388 Å². The Hall–Kier alpha value is -6.01. The molecule has 0 saturated heterocycles. The summed E-state index contributed by atoms with van der Waals surface area (Å²) in [5, 5.41) is 19.0. The molecule has 0 aliphatic carbocycles. The van der Waals surface area contributed by atoms with Gasteiger partial charge in [-0.1, -0.05) is 34.8 Å². The number of ether oxygens (including phenoxy) is 10. The van der Waals surface area contributed by atoms with Crippen molar-refractivity contribution < 1.29 is 82.2 Å². The molecule has 0 aliphatic rings. The number of rotatable bonds is 15. The Balaban J connectivity index is 0. The van der Waals surface area contributed by atoms with Crippen LogP contribution in [0.3, 0.4) is 0 Å². The summed E-state index contributed by atoms with van der Waals surface area (Å²) < 4.78 is 49.2. The third-order valence-corrected chi connectivity index (χ3v) is 8.22. The normalized spacial score (nSPS) is 9.33. The topological polar surface area (TPSA) is 233 Å². The Morgan fingerprint density at radius 2 is 0.891 bits per heavy atom. The molecule has 0 unspecified atom stereocenters. The second kappa shape index (κ2) is 34.5. The summed E-state index contributed by atoms with van der Waals surface area (Å²) in [6.45, 7) is 7.87. The van der Waals surface area contributed by atoms with E-state index in [0.717, 1.165) is 11.5 Å². The van der Waals surface area contributed by atoms with Crippen molar-refractivity contribution >= 4 is 58.7 Å². The predicted octanol–water partition coefficient (Wildman–Crippen LogP) is 8.13. The van der Waals surface area contributed by atoms with Gasteiger partial charge < -0.3 is 63.1 Å². The van der Waals surface area contributed by atoms with Crippen molar-refractivity contribution in [2.45, 2.75) is 40.5 Å². The van der Waals surface area contributed by atoms with Gasteiger partial charge in [-0.15, -0.1) is 0 Å². The number of phenolic OH excluding ortho intramolecular Hbond substituents is 2. The van der Waals surface area contributed by atoms with E-state index in [4.69, 9.17) is 82.9 Å². The van der Waals surface area contributed by atoms with Gasteiger partial charge in [0.1, 0.15) is 58.0 Å². The summed E-state index contributed by atoms with van der Waals surface area (Å²) in [5.41, 5.74) is 0.663. The summed E-state index contributed by atoms with van der Waals surface area (Å²) in [7, 11) is 9.27. The monoisotopic (exact) mass is 962 g/mol. The summed E-state index contributed by atoms with van der Waals surface area (Å²) in [5.74, 6) is 1.39. The van der Waals surface area contributed by atoms with E-state index in [1.165, 1.54) is 32.4 Å². The maximum absolute atomic E-state index is 12.1. The van der Waals surface area contributed by atoms with Gasteiger partial charge in [-0.2, -0.15) is 0 Å². The number of phenols is 2. The molecule has 17 nitrogen and oxygen atoms in total. The second-order valence-electron chi connectivity index (χ2n) is 11.5. The molecule has 0 aromatic heterocycles. The minimum atomic E-state index is -0.545. The van der Waals surface area contributed by atoms with Crippen LogP contribution < -0.4 is 28.4 Å². The molecule has 4 rings (SSSR count). The fourth-order valence-electron chi connectivity index (χ4n) is 4.44. The first kappa shape index (κ1) is 60.1. The van der Waals surface area contributed by atoms with E-state index in [1.54, 1.807) is 105 Å². The standard InChI is InChI=1S/C15H20O6.2C8H9ClO2.C7H12O4.C6H5ClO2.H2O/c1-5-20-13(16)8-10-7-11(18-3)9-12(19-4)14(10)15(17)21-6-2;2*1-10-6-3-4-7(9)8(5-6)11-2;1-3-10-6(8)5-7(9)11-4-2;7-5-2-1-4(8)3-6(5)9;/h7,9H,5-6,8H2,1-4H3;2*3-5H,1-2H3;3-5H2,1-2H3;1-3,8-9H;1H2. The molecule has 356 valence electrons. The zero-order valence-corrected chi connectivity index (χ0v) is 39.6. The lowest BCUT2D eigenvalue weighted by Crippen LogP contribution is -2.15. The van der Waals surface area contributed by atoms with E-state index in [9.17, 15) is 19.2 Å². The molecule has 0 spiro atoms. The van der Waals surface area contributed by atoms with E-state index in [2.05, 4.69) is 9.47 Å². The van der Waals surface area contributed by atoms with Crippen molar-refractivity contribution in [3.63, 3.8) is 0 Å². The number of carbonyl (C=O) groups excluding carboxylic acids is 4. The van der Waals surface area contributed by atoms with Crippen LogP contribution in [0.5, 0.6) is 46.0 Å². The first-order chi connectivity index (χ1) is 30.0. The molecule has 0 aliphatic heterocycles. The summed E-state index contributed by atoms with van der Waals surface area (Å²) in [6, 6.07) is 17.7. The van der Waals surface area contributed by atoms with E-state index in [1.807, 2.05) is 0 Å². The number of aromatic hydroxyl groups is 2. The van der Waals surface area contributed by atoms with E-state index in [0.29, 0.717) is 38.6 Å². The van der Waals surface area contributed by atoms with Crippen molar-refractivity contribution in [3.05, 3.63) is 92.9 Å². The van der Waals surface area contributed by atoms with Crippen LogP contribution in [0.15, 0.2) is 66.7 Å². The average molecular weight is 964 g/mol. The molecule has 64 heavy (non-hydrogen) atoms. The van der Waals surface area contributed by atoms with Gasteiger partial charge in [0.05, 0.1) is 90.6 Å². The molecule has 4 aromatic carbocycles. The maximum Gasteiger partial charge on any atom is 0.342 e. The van der Waals surface area contributed by atoms with Crippen LogP contribution in [-0.4, -0.2) is 109 Å². The molecule has 4 aromatic rings. The van der Waals surface area contributed by atoms with Gasteiger partial charge in [0.2, 0.25) is 0 Å². The van der Waals surface area contributed by atoms with Gasteiger partial charge in [0.15, 0.2) is 0 Å². The lowest BCUT2D eigenvalue weighted by atomic mass is 10.0. The van der Waals surface area contributed by atoms with Crippen LogP contribution in [0.4, 0.5) is 0 Å². The van der Waals surface area contributed by atoms with Crippen molar-refractivity contribution in [3.8, 4) is 46.0 Å². The Morgan fingerprint density at radius 1 is 0.484 bits per heavy atom. The number of hydrogen-bond donors (Lipinski definition) is 2. The maximum atomic E-state index is 12.1. The third-order valence-electron chi connectivity index (χ3n) is 7.28. The summed E-state index contributed by atoms with van der Waals surface area (Å²) in [4.78, 5) is 45.0. The number of hydrogen-bond acceptors (Lipinski definition) is 16. The van der Waals surface area contributed by atoms with E-state index in [-0.39, 0.29) is 66.8 Å². The van der Waals surface area contributed by atoms with Crippen molar-refractivity contribution in [1.82, 2.24) is 0 Å². The molecule has 0 saturated carbocycles. The van der Waals surface area contributed by atoms with E-state index < -0.39 is 23.9 Å². The first-order valence-electron chi connectivity index (χ1n) is 18.8. The highest BCUT2D eigenvalue weighted by atomic mass is 35.5. The van der Waals surface area contributed by atoms with Crippen LogP contribution in [-0.2, 0) is 39.8 Å². The Bertz CT molecular complexity index is 1940. The number of benzene rings is 4. The average Bonchev–Trinajstić information content (AvgIpc) is 3.26. The number of esters is 4. The molecular weight excluding hydrogens is 907 g/mol. The van der Waals surface area contributed by atoms with Crippen molar-refractivity contribution in [1.29, 1.82) is 0 Å². The molecular formula is C44H57Cl3O17. The van der Waals surface area contributed by atoms with Crippen LogP contribution in [0.1, 0.15) is 50.0 Å². The fourth-order valence-corrected chi connectivity index (χ4v) is 4.95. The molecule has 0 amide bonds. The number of halogens is 3. The predicted molar refractivity (Wildman–Crippen MR) is 241 cm³/mol. The smallest absolute Gasteiger partial charge is 0.342 e. The minimum Gasteiger partial charge on any atom is -0.508 e. The van der Waals surface area contributed by atoms with Gasteiger partial charge in [-0.25, -0.2) is 4.79 Å². The van der Waals surface area contributed by atoms with Gasteiger partial charge >= 0.3 is 23.9 Å². The van der Waals surface area contributed by atoms with Gasteiger partial charge in [-0.05, 0) is 75.7 Å². The molecule has 0 bridgehead atoms. The lowest BCUT2D eigenvalue weighted by Gasteiger charge is -2.14. The highest BCUT2D eigenvalue weighted by Gasteiger charge is 2.22. The van der Waals surface area contributed by atoms with E-state index >= 15 is 0 Å². The summed E-state index contributed by atoms with van der Waals surface area (Å²) in [6.07, 6.45) is -0.350. The molecule has 4 N–H and O–H groups in total. The molecule has 0 heterocycles. The SMILES string of the molecule is CCOC(=O)CC(=O)OCC.CCOC(=O)Cc1cc(OC)cc(OC)c1C(=O)OCC.COc1ccc(Cl)c(OC)c1.COc1ccc(Cl)c(OC)c1.O.Oc1ccc(Cl)c(O)c1. The van der Waals surface area contributed by atoms with Crippen LogP contribution in [0.25, 0.3) is 0 Å². The van der Waals surface area contributed by atoms with Crippen LogP contribution in [0, 0.1) is 0 Å². The third kappa shape index (κ3) is 23.4. The fraction of sp³-hybridized carbons (Fsp3) is 0.364. The van der Waals surface area contributed by atoms with Gasteiger partial charge in [0.25, 0.3) is 0 Å². The largest absolute Gasteiger partial charge is 0.508 e. The Morgan fingerprint density at radius 3 is 1.27 bits per heavy atom. The summed E-state index contributed by atoms with van der Waals surface area (Å²) >= 11 is 17.0. The quantitative estimate of drug-likeness (QED) is 0.0650. The zero-order chi connectivity index (χ0) is 47.9. The van der Waals surface area contributed by atoms with Crippen LogP contribution in [0.2, 0.25) is 15.1 Å². The molecule has 0 radical (unpaired) electrons. The molecule has 0 atom stereocenters. The number of carbonyl (C=O) groups is 4. The van der Waals surface area contributed by atoms with Crippen LogP contribution >= 0.6 is 34.8 Å². The molecule has 0 fully saturated rings. The zero-order valence-electron chi connectivity index (χ0n) is 37.3. The van der Waals surface area contributed by atoms with Gasteiger partial charge in [-0.3, -0.25) is 14.4 Å². The van der Waals surface area contributed by atoms with Gasteiger partial charge in [0, 0.05) is 24.3 Å². The second-order valence-corrected chi connectivity index (χ2v) is 12.7. The highest BCUT2D eigenvalue weighted by molar-refractivity contribution is 6.32. The number of methoxy groups -OCH3 is 6. The van der Waals surface area contributed by atoms with Crippen molar-refractivity contribution in [2.24, 2.45) is 0 Å². The highest BCUT2D eigenvalue weighted by Crippen LogP contribution is 2.31. The minimum absolute atomic E-state index is 0. The first-order valence-corrected chi connectivity index (χ1v) is 20.0. The Kier molecular flexibility index (Phi) is 32.4.